The minimum Gasteiger partial charge on any atom is -0.477 e. The van der Waals surface area contributed by atoms with Crippen molar-refractivity contribution in [1.82, 2.24) is 5.32 Å². The first-order valence-electron chi connectivity index (χ1n) is 5.70. The monoisotopic (exact) mass is 500 g/mol. The van der Waals surface area contributed by atoms with Crippen LogP contribution in [0.5, 0.6) is 0 Å². The van der Waals surface area contributed by atoms with Gasteiger partial charge < -0.3 is 26.7 Å². The first-order chi connectivity index (χ1) is 8.88. The van der Waals surface area contributed by atoms with Gasteiger partial charge in [-0.25, -0.2) is 4.79 Å². The second-order valence-corrected chi connectivity index (χ2v) is 4.00. The van der Waals surface area contributed by atoms with E-state index in [1.807, 2.05) is 6.92 Å². The van der Waals surface area contributed by atoms with Gasteiger partial charge >= 0.3 is 5.97 Å². The number of hydrogen-bond donors (Lipinski definition) is 4. The molecule has 6 N–H and O–H groups in total. The SMILES string of the molecule is C=C(NC(=O)c1[c-]cc(N)c(N)c1CCC)C(=O)O.[U]. The molecule has 0 unspecified atom stereocenters. The minimum atomic E-state index is -1.30. The zero-order valence-electron chi connectivity index (χ0n) is 11.1. The largest absolute Gasteiger partial charge is 0.477 e. The summed E-state index contributed by atoms with van der Waals surface area (Å²) in [4.78, 5) is 22.6. The summed E-state index contributed by atoms with van der Waals surface area (Å²) in [6, 6.07) is 4.12. The number of amides is 1. The van der Waals surface area contributed by atoms with Gasteiger partial charge in [0.05, 0.1) is 0 Å². The van der Waals surface area contributed by atoms with Crippen LogP contribution in [-0.4, -0.2) is 17.0 Å². The minimum absolute atomic E-state index is 0. The van der Waals surface area contributed by atoms with E-state index in [1.165, 1.54) is 6.07 Å². The van der Waals surface area contributed by atoms with Crippen LogP contribution in [0.1, 0.15) is 29.3 Å². The van der Waals surface area contributed by atoms with Crippen molar-refractivity contribution in [2.24, 2.45) is 0 Å². The number of carbonyl (C=O) groups excluding carboxylic acids is 1. The van der Waals surface area contributed by atoms with E-state index < -0.39 is 17.6 Å². The molecule has 0 aliphatic carbocycles. The molecule has 7 heteroatoms. The number of nitrogen functional groups attached to an aromatic ring is 2. The van der Waals surface area contributed by atoms with E-state index >= 15 is 0 Å². The molecule has 0 aliphatic heterocycles. The standard InChI is InChI=1S/C13H16N3O3.U/c1-3-4-8-9(5-6-10(14)11(8)15)12(17)16-7(2)13(18)19;/h6H,2-4,14-15H2,1H3,(H,16,17)(H,18,19);/q-1;. The van der Waals surface area contributed by atoms with Gasteiger partial charge in [-0.1, -0.05) is 31.9 Å². The molecule has 0 aromatic heterocycles. The topological polar surface area (TPSA) is 118 Å². The molecule has 0 aliphatic rings. The van der Waals surface area contributed by atoms with Crippen LogP contribution in [0, 0.1) is 37.2 Å². The van der Waals surface area contributed by atoms with Crippen LogP contribution in [0.4, 0.5) is 11.4 Å². The second-order valence-electron chi connectivity index (χ2n) is 4.00. The van der Waals surface area contributed by atoms with Gasteiger partial charge in [-0.05, 0) is 11.4 Å². The fourth-order valence-electron chi connectivity index (χ4n) is 1.59. The van der Waals surface area contributed by atoms with Crippen LogP contribution in [0.2, 0.25) is 0 Å². The summed E-state index contributed by atoms with van der Waals surface area (Å²) in [6.07, 6.45) is 1.32. The summed E-state index contributed by atoms with van der Waals surface area (Å²) >= 11 is 0. The zero-order valence-corrected chi connectivity index (χ0v) is 15.3. The molecule has 6 nitrogen and oxygen atoms in total. The molecule has 0 atom stereocenters. The number of nitrogens with one attached hydrogen (secondary N) is 1. The summed E-state index contributed by atoms with van der Waals surface area (Å²) in [7, 11) is 0. The Bertz CT molecular complexity index is 544. The second kappa shape index (κ2) is 7.98. The number of carboxylic acid groups (broad SMARTS) is 1. The Kier molecular flexibility index (Phi) is 7.40. The number of nitrogens with two attached hydrogens (primary N) is 2. The summed E-state index contributed by atoms with van der Waals surface area (Å²) in [5, 5.41) is 10.9. The van der Waals surface area contributed by atoms with E-state index in [0.29, 0.717) is 23.4 Å². The Balaban J connectivity index is 0.00000361. The van der Waals surface area contributed by atoms with Crippen molar-refractivity contribution < 1.29 is 45.8 Å². The third-order valence-corrected chi connectivity index (χ3v) is 2.56. The predicted octanol–water partition coefficient (Wildman–Crippen LogP) is 0.932. The fraction of sp³-hybridized carbons (Fsp3) is 0.231. The van der Waals surface area contributed by atoms with Gasteiger partial charge in [0.25, 0.3) is 0 Å². The van der Waals surface area contributed by atoms with Crippen LogP contribution >= 0.6 is 0 Å². The molecule has 0 spiro atoms. The molecule has 0 bridgehead atoms. The Labute approximate surface area is 141 Å². The molecule has 1 amide bonds. The van der Waals surface area contributed by atoms with Crippen molar-refractivity contribution in [2.75, 3.05) is 11.5 Å². The van der Waals surface area contributed by atoms with Crippen molar-refractivity contribution in [2.45, 2.75) is 19.8 Å². The predicted molar refractivity (Wildman–Crippen MR) is 72.3 cm³/mol. The molecule has 0 radical (unpaired) electrons. The molecule has 0 saturated heterocycles. The van der Waals surface area contributed by atoms with Crippen LogP contribution in [0.15, 0.2) is 18.3 Å². The molecule has 0 fully saturated rings. The van der Waals surface area contributed by atoms with E-state index in [2.05, 4.69) is 18.0 Å². The van der Waals surface area contributed by atoms with Crippen LogP contribution in [0.3, 0.4) is 0 Å². The van der Waals surface area contributed by atoms with Gasteiger partial charge in [-0.3, -0.25) is 0 Å². The van der Waals surface area contributed by atoms with Crippen molar-refractivity contribution in [1.29, 1.82) is 0 Å². The average Bonchev–Trinajstić information content (AvgIpc) is 2.35. The Hall–Kier alpha value is -1.45. The molecule has 106 valence electrons. The number of aliphatic carboxylic acids is 1. The van der Waals surface area contributed by atoms with E-state index in [-0.39, 0.29) is 36.7 Å². The first kappa shape index (κ1) is 18.6. The fourth-order valence-corrected chi connectivity index (χ4v) is 1.59. The van der Waals surface area contributed by atoms with Gasteiger partial charge in [-0.15, -0.1) is 17.7 Å². The molecule has 20 heavy (non-hydrogen) atoms. The maximum Gasteiger partial charge on any atom is 0.351 e. The van der Waals surface area contributed by atoms with E-state index in [4.69, 9.17) is 16.6 Å². The zero-order chi connectivity index (χ0) is 14.6. The summed E-state index contributed by atoms with van der Waals surface area (Å²) < 4.78 is 0. The van der Waals surface area contributed by atoms with Gasteiger partial charge in [0.15, 0.2) is 5.91 Å². The average molecular weight is 500 g/mol. The Morgan fingerprint density at radius 1 is 1.45 bits per heavy atom. The number of carboxylic acids is 1. The maximum atomic E-state index is 12.0. The number of rotatable bonds is 5. The molecule has 1 aromatic carbocycles. The smallest absolute Gasteiger partial charge is 0.351 e. The van der Waals surface area contributed by atoms with Crippen molar-refractivity contribution >= 4 is 23.3 Å². The van der Waals surface area contributed by atoms with Crippen molar-refractivity contribution in [3.8, 4) is 0 Å². The summed E-state index contributed by atoms with van der Waals surface area (Å²) in [5.74, 6) is -1.91. The van der Waals surface area contributed by atoms with Gasteiger partial charge in [-0.2, -0.15) is 0 Å². The van der Waals surface area contributed by atoms with E-state index in [9.17, 15) is 9.59 Å². The Morgan fingerprint density at radius 3 is 2.55 bits per heavy atom. The maximum absolute atomic E-state index is 12.0. The number of benzene rings is 1. The third-order valence-electron chi connectivity index (χ3n) is 2.56. The third kappa shape index (κ3) is 4.29. The summed E-state index contributed by atoms with van der Waals surface area (Å²) in [6.45, 7) is 5.17. The quantitative estimate of drug-likeness (QED) is 0.273. The molecule has 0 saturated carbocycles. The molecule has 1 aromatic rings. The van der Waals surface area contributed by atoms with Crippen molar-refractivity contribution in [3.63, 3.8) is 0 Å². The van der Waals surface area contributed by atoms with Crippen LogP contribution in [0.25, 0.3) is 0 Å². The molecular weight excluding hydrogens is 484 g/mol. The number of anilines is 2. The van der Waals surface area contributed by atoms with E-state index in [1.54, 1.807) is 0 Å². The van der Waals surface area contributed by atoms with Gasteiger partial charge in [0.2, 0.25) is 0 Å². The Morgan fingerprint density at radius 2 is 2.05 bits per heavy atom. The van der Waals surface area contributed by atoms with Crippen molar-refractivity contribution in [3.05, 3.63) is 35.5 Å². The number of carbonyl (C=O) groups is 2. The number of hydrogen-bond acceptors (Lipinski definition) is 4. The first-order valence-corrected chi connectivity index (χ1v) is 5.70. The normalized spacial score (nSPS) is 9.45. The molecule has 1 rings (SSSR count). The summed E-state index contributed by atoms with van der Waals surface area (Å²) in [5.41, 5.74) is 12.5. The van der Waals surface area contributed by atoms with Gasteiger partial charge in [0, 0.05) is 31.1 Å². The molecular formula is C13H16N3O3U-. The van der Waals surface area contributed by atoms with E-state index in [0.717, 1.165) is 6.42 Å². The molecule has 0 heterocycles. The van der Waals surface area contributed by atoms with Gasteiger partial charge in [0.1, 0.15) is 5.70 Å². The van der Waals surface area contributed by atoms with Crippen LogP contribution in [-0.2, 0) is 11.2 Å². The van der Waals surface area contributed by atoms with Crippen LogP contribution < -0.4 is 16.8 Å².